The highest BCUT2D eigenvalue weighted by Gasteiger charge is 2.38. The summed E-state index contributed by atoms with van der Waals surface area (Å²) in [6.07, 6.45) is 0. The average molecular weight is 673 g/mol. The molecular formula is C53H36. The van der Waals surface area contributed by atoms with E-state index in [-0.39, 0.29) is 5.41 Å². The second kappa shape index (κ2) is 11.2. The number of hydrogen-bond acceptors (Lipinski definition) is 0. The van der Waals surface area contributed by atoms with Crippen LogP contribution in [0.25, 0.3) is 98.4 Å². The van der Waals surface area contributed by atoms with E-state index in [9.17, 15) is 0 Å². The lowest BCUT2D eigenvalue weighted by Crippen LogP contribution is -2.15. The van der Waals surface area contributed by atoms with Gasteiger partial charge in [-0.25, -0.2) is 0 Å². The predicted octanol–water partition coefficient (Wildman–Crippen LogP) is 14.8. The van der Waals surface area contributed by atoms with Gasteiger partial charge in [0.15, 0.2) is 0 Å². The number of rotatable bonds is 3. The van der Waals surface area contributed by atoms with Crippen molar-refractivity contribution in [2.45, 2.75) is 19.3 Å². The van der Waals surface area contributed by atoms with Gasteiger partial charge in [0.05, 0.1) is 0 Å². The standard InChI is InChI=1S/C53H36/c1-53(2)48-31-30-36(32-47(48)51-41-19-7-5-17-38(41)39-18-6-12-24-46(39)52(51)53)33-26-28-35(29-27-33)49-42-20-8-10-22-44(42)50(45-23-11-9-21-43(45)49)40-25-13-15-34-14-3-4-16-37(34)40/h3-32H,1-2H3. The summed E-state index contributed by atoms with van der Waals surface area (Å²) in [5, 5.41) is 13.0. The molecule has 0 unspecified atom stereocenters. The minimum atomic E-state index is -0.100. The average Bonchev–Trinajstić information content (AvgIpc) is 3.46. The molecule has 0 heterocycles. The van der Waals surface area contributed by atoms with Crippen LogP contribution in [0.3, 0.4) is 0 Å². The van der Waals surface area contributed by atoms with Crippen molar-refractivity contribution in [3.8, 4) is 44.5 Å². The van der Waals surface area contributed by atoms with E-state index < -0.39 is 0 Å². The quantitative estimate of drug-likeness (QED) is 0.129. The van der Waals surface area contributed by atoms with Gasteiger partial charge < -0.3 is 0 Å². The number of hydrogen-bond donors (Lipinski definition) is 0. The Morgan fingerprint density at radius 2 is 0.755 bits per heavy atom. The maximum atomic E-state index is 2.45. The maximum Gasteiger partial charge on any atom is 0.0165 e. The molecule has 0 fully saturated rings. The Bertz CT molecular complexity index is 3060. The topological polar surface area (TPSA) is 0 Å². The molecule has 0 atom stereocenters. The molecule has 0 nitrogen and oxygen atoms in total. The third-order valence-electron chi connectivity index (χ3n) is 12.0. The number of benzene rings is 10. The van der Waals surface area contributed by atoms with Crippen LogP contribution in [0, 0.1) is 0 Å². The van der Waals surface area contributed by atoms with Crippen molar-refractivity contribution in [2.24, 2.45) is 0 Å². The Morgan fingerprint density at radius 3 is 1.40 bits per heavy atom. The first kappa shape index (κ1) is 30.2. The third kappa shape index (κ3) is 4.30. The lowest BCUT2D eigenvalue weighted by atomic mass is 9.79. The summed E-state index contributed by atoms with van der Waals surface area (Å²) in [4.78, 5) is 0. The lowest BCUT2D eigenvalue weighted by molar-refractivity contribution is 0.666. The molecule has 0 saturated heterocycles. The van der Waals surface area contributed by atoms with Crippen LogP contribution in [0.2, 0.25) is 0 Å². The van der Waals surface area contributed by atoms with Crippen molar-refractivity contribution in [1.29, 1.82) is 0 Å². The van der Waals surface area contributed by atoms with Crippen LogP contribution in [0.4, 0.5) is 0 Å². The van der Waals surface area contributed by atoms with E-state index in [1.165, 1.54) is 109 Å². The fourth-order valence-electron chi connectivity index (χ4n) is 9.68. The first-order valence-corrected chi connectivity index (χ1v) is 18.7. The Labute approximate surface area is 309 Å². The van der Waals surface area contributed by atoms with Crippen LogP contribution in [-0.4, -0.2) is 0 Å². The fourth-order valence-corrected chi connectivity index (χ4v) is 9.68. The zero-order valence-corrected chi connectivity index (χ0v) is 29.8. The molecule has 53 heavy (non-hydrogen) atoms. The summed E-state index contributed by atoms with van der Waals surface area (Å²) < 4.78 is 0. The van der Waals surface area contributed by atoms with E-state index in [0.29, 0.717) is 0 Å². The van der Waals surface area contributed by atoms with Crippen molar-refractivity contribution < 1.29 is 0 Å². The van der Waals surface area contributed by atoms with E-state index in [0.717, 1.165) is 0 Å². The molecule has 10 aromatic rings. The van der Waals surface area contributed by atoms with Crippen molar-refractivity contribution >= 4 is 53.9 Å². The summed E-state index contributed by atoms with van der Waals surface area (Å²) in [6, 6.07) is 67.7. The van der Waals surface area contributed by atoms with Gasteiger partial charge in [0.2, 0.25) is 0 Å². The Balaban J connectivity index is 1.08. The van der Waals surface area contributed by atoms with Crippen LogP contribution in [0.5, 0.6) is 0 Å². The van der Waals surface area contributed by atoms with Crippen LogP contribution in [-0.2, 0) is 5.41 Å². The second-order valence-corrected chi connectivity index (χ2v) is 15.2. The van der Waals surface area contributed by atoms with Gasteiger partial charge in [-0.05, 0) is 116 Å². The first-order chi connectivity index (χ1) is 26.1. The molecule has 0 amide bonds. The highest BCUT2D eigenvalue weighted by atomic mass is 14.4. The fraction of sp³-hybridized carbons (Fsp3) is 0.0566. The van der Waals surface area contributed by atoms with Crippen molar-refractivity contribution in [2.75, 3.05) is 0 Å². The van der Waals surface area contributed by atoms with Gasteiger partial charge in [-0.2, -0.15) is 0 Å². The van der Waals surface area contributed by atoms with Gasteiger partial charge in [-0.3, -0.25) is 0 Å². The molecule has 10 aromatic carbocycles. The maximum absolute atomic E-state index is 2.45. The molecule has 0 heteroatoms. The molecule has 0 aliphatic heterocycles. The highest BCUT2D eigenvalue weighted by Crippen LogP contribution is 2.55. The zero-order chi connectivity index (χ0) is 35.3. The zero-order valence-electron chi connectivity index (χ0n) is 29.8. The molecule has 1 aliphatic carbocycles. The first-order valence-electron chi connectivity index (χ1n) is 18.7. The smallest absolute Gasteiger partial charge is 0.0165 e. The molecular weight excluding hydrogens is 637 g/mol. The van der Waals surface area contributed by atoms with Gasteiger partial charge in [0, 0.05) is 5.41 Å². The molecule has 0 spiro atoms. The Hall–Kier alpha value is -6.50. The van der Waals surface area contributed by atoms with Gasteiger partial charge >= 0.3 is 0 Å². The van der Waals surface area contributed by atoms with E-state index >= 15 is 0 Å². The largest absolute Gasteiger partial charge is 0.0616 e. The third-order valence-corrected chi connectivity index (χ3v) is 12.0. The predicted molar refractivity (Wildman–Crippen MR) is 228 cm³/mol. The second-order valence-electron chi connectivity index (χ2n) is 15.2. The summed E-state index contributed by atoms with van der Waals surface area (Å²) in [6.45, 7) is 4.79. The monoisotopic (exact) mass is 672 g/mol. The Morgan fingerprint density at radius 1 is 0.302 bits per heavy atom. The molecule has 0 saturated carbocycles. The molecule has 0 bridgehead atoms. The van der Waals surface area contributed by atoms with E-state index in [2.05, 4.69) is 196 Å². The van der Waals surface area contributed by atoms with Crippen LogP contribution in [0.1, 0.15) is 25.0 Å². The highest BCUT2D eigenvalue weighted by molar-refractivity contribution is 6.23. The molecule has 0 aromatic heterocycles. The van der Waals surface area contributed by atoms with E-state index in [1.807, 2.05) is 0 Å². The van der Waals surface area contributed by atoms with Gasteiger partial charge in [-0.15, -0.1) is 0 Å². The van der Waals surface area contributed by atoms with Gasteiger partial charge in [-0.1, -0.05) is 190 Å². The van der Waals surface area contributed by atoms with Gasteiger partial charge in [0.25, 0.3) is 0 Å². The molecule has 1 aliphatic rings. The molecule has 11 rings (SSSR count). The normalized spacial score (nSPS) is 13.2. The minimum Gasteiger partial charge on any atom is -0.0616 e. The van der Waals surface area contributed by atoms with Crippen LogP contribution in [0.15, 0.2) is 182 Å². The summed E-state index contributed by atoms with van der Waals surface area (Å²) in [5.41, 5.74) is 13.1. The summed E-state index contributed by atoms with van der Waals surface area (Å²) >= 11 is 0. The van der Waals surface area contributed by atoms with Crippen molar-refractivity contribution in [3.63, 3.8) is 0 Å². The molecule has 248 valence electrons. The van der Waals surface area contributed by atoms with Crippen LogP contribution >= 0.6 is 0 Å². The Kier molecular flexibility index (Phi) is 6.40. The molecule has 0 radical (unpaired) electrons. The van der Waals surface area contributed by atoms with Crippen molar-refractivity contribution in [3.05, 3.63) is 193 Å². The van der Waals surface area contributed by atoms with E-state index in [4.69, 9.17) is 0 Å². The summed E-state index contributed by atoms with van der Waals surface area (Å²) in [7, 11) is 0. The summed E-state index contributed by atoms with van der Waals surface area (Å²) in [5.74, 6) is 0. The molecule has 0 N–H and O–H groups in total. The van der Waals surface area contributed by atoms with E-state index in [1.54, 1.807) is 0 Å². The minimum absolute atomic E-state index is 0.100. The lowest BCUT2D eigenvalue weighted by Gasteiger charge is -2.24. The van der Waals surface area contributed by atoms with Gasteiger partial charge in [0.1, 0.15) is 0 Å². The number of fused-ring (bicyclic) bond motifs is 11. The van der Waals surface area contributed by atoms with Crippen molar-refractivity contribution in [1.82, 2.24) is 0 Å². The van der Waals surface area contributed by atoms with Crippen LogP contribution < -0.4 is 0 Å². The SMILES string of the molecule is CC1(C)c2ccc(-c3ccc(-c4c5ccccc5c(-c5cccc6ccccc56)c5ccccc45)cc3)cc2-c2c1c1ccccc1c1ccccc21.